The Balaban J connectivity index is 2.16. The highest BCUT2D eigenvalue weighted by Crippen LogP contribution is 2.28. The number of carbonyl (C=O) groups is 1. The normalized spacial score (nSPS) is 44.1. The van der Waals surface area contributed by atoms with Gasteiger partial charge in [-0.25, -0.2) is 0 Å². The van der Waals surface area contributed by atoms with E-state index in [0.29, 0.717) is 19.5 Å². The topological polar surface area (TPSA) is 93.0 Å². The van der Waals surface area contributed by atoms with E-state index >= 15 is 0 Å². The first-order valence-corrected chi connectivity index (χ1v) is 5.56. The van der Waals surface area contributed by atoms with Gasteiger partial charge in [-0.2, -0.15) is 0 Å². The van der Waals surface area contributed by atoms with Crippen LogP contribution in [0.4, 0.5) is 0 Å². The fourth-order valence-corrected chi connectivity index (χ4v) is 2.72. The van der Waals surface area contributed by atoms with Gasteiger partial charge >= 0.3 is 0 Å². The number of amides is 1. The second kappa shape index (κ2) is 4.29. The second-order valence-corrected chi connectivity index (χ2v) is 4.63. The summed E-state index contributed by atoms with van der Waals surface area (Å²) in [5.74, 6) is -0.237. The number of hydrogen-bond acceptors (Lipinski definition) is 5. The van der Waals surface area contributed by atoms with Crippen LogP contribution in [0.1, 0.15) is 13.3 Å². The van der Waals surface area contributed by atoms with Crippen LogP contribution in [0, 0.1) is 0 Å². The lowest BCUT2D eigenvalue weighted by atomic mass is 9.91. The molecule has 0 bridgehead atoms. The highest BCUT2D eigenvalue weighted by molar-refractivity contribution is 5.73. The van der Waals surface area contributed by atoms with Crippen molar-refractivity contribution in [3.63, 3.8) is 0 Å². The van der Waals surface area contributed by atoms with E-state index in [9.17, 15) is 20.1 Å². The smallest absolute Gasteiger partial charge is 0.217 e. The highest BCUT2D eigenvalue weighted by atomic mass is 16.3. The molecule has 2 aliphatic heterocycles. The van der Waals surface area contributed by atoms with Crippen molar-refractivity contribution in [3.05, 3.63) is 0 Å². The third-order valence-electron chi connectivity index (χ3n) is 3.45. The highest BCUT2D eigenvalue weighted by Gasteiger charge is 2.49. The molecular weight excluding hydrogens is 212 g/mol. The van der Waals surface area contributed by atoms with Crippen LogP contribution in [-0.2, 0) is 4.79 Å². The van der Waals surface area contributed by atoms with E-state index in [0.717, 1.165) is 0 Å². The van der Waals surface area contributed by atoms with E-state index in [4.69, 9.17) is 0 Å². The van der Waals surface area contributed by atoms with Gasteiger partial charge in [-0.05, 0) is 6.42 Å². The first-order chi connectivity index (χ1) is 7.50. The maximum Gasteiger partial charge on any atom is 0.217 e. The van der Waals surface area contributed by atoms with Gasteiger partial charge in [0.2, 0.25) is 5.91 Å². The Labute approximate surface area is 93.9 Å². The molecule has 5 atom stereocenters. The Morgan fingerprint density at radius 2 is 2.00 bits per heavy atom. The van der Waals surface area contributed by atoms with Gasteiger partial charge in [-0.15, -0.1) is 0 Å². The molecule has 2 rings (SSSR count). The van der Waals surface area contributed by atoms with Gasteiger partial charge in [-0.1, -0.05) is 0 Å². The maximum absolute atomic E-state index is 11.0. The molecule has 92 valence electrons. The number of carbonyl (C=O) groups excluding carboxylic acids is 1. The molecule has 0 unspecified atom stereocenters. The molecule has 0 aromatic heterocycles. The summed E-state index contributed by atoms with van der Waals surface area (Å²) in [6.45, 7) is 2.41. The van der Waals surface area contributed by atoms with Crippen LogP contribution in [0.25, 0.3) is 0 Å². The van der Waals surface area contributed by atoms with Crippen LogP contribution in [0.3, 0.4) is 0 Å². The number of fused-ring (bicyclic) bond motifs is 1. The minimum absolute atomic E-state index is 0.237. The number of nitrogens with zero attached hydrogens (tertiary/aromatic N) is 1. The first-order valence-electron chi connectivity index (χ1n) is 5.56. The summed E-state index contributed by atoms with van der Waals surface area (Å²) in [6, 6.07) is -0.888. The monoisotopic (exact) mass is 230 g/mol. The Bertz CT molecular complexity index is 286. The summed E-state index contributed by atoms with van der Waals surface area (Å²) in [4.78, 5) is 13.0. The molecule has 16 heavy (non-hydrogen) atoms. The molecule has 0 aromatic rings. The summed E-state index contributed by atoms with van der Waals surface area (Å²) in [7, 11) is 0. The molecule has 6 nitrogen and oxygen atoms in total. The number of rotatable bonds is 1. The van der Waals surface area contributed by atoms with Gasteiger partial charge < -0.3 is 20.6 Å². The molecule has 0 aliphatic carbocycles. The van der Waals surface area contributed by atoms with E-state index in [-0.39, 0.29) is 11.9 Å². The Hall–Kier alpha value is -0.690. The number of piperidine rings is 1. The zero-order valence-corrected chi connectivity index (χ0v) is 9.21. The summed E-state index contributed by atoms with van der Waals surface area (Å²) >= 11 is 0. The predicted octanol–water partition coefficient (Wildman–Crippen LogP) is -2.34. The largest absolute Gasteiger partial charge is 0.391 e. The number of hydrogen-bond donors (Lipinski definition) is 4. The van der Waals surface area contributed by atoms with Gasteiger partial charge in [0.25, 0.3) is 0 Å². The van der Waals surface area contributed by atoms with E-state index < -0.39 is 24.4 Å². The molecule has 2 saturated heterocycles. The van der Waals surface area contributed by atoms with Crippen molar-refractivity contribution in [2.75, 3.05) is 13.1 Å². The van der Waals surface area contributed by atoms with Crippen molar-refractivity contribution < 1.29 is 20.1 Å². The third kappa shape index (κ3) is 1.93. The van der Waals surface area contributed by atoms with Gasteiger partial charge in [0.15, 0.2) is 0 Å². The van der Waals surface area contributed by atoms with Crippen LogP contribution < -0.4 is 5.32 Å². The van der Waals surface area contributed by atoms with Gasteiger partial charge in [0.1, 0.15) is 0 Å². The van der Waals surface area contributed by atoms with Gasteiger partial charge in [-0.3, -0.25) is 9.69 Å². The minimum atomic E-state index is -0.910. The van der Waals surface area contributed by atoms with E-state index in [1.807, 2.05) is 4.90 Å². The molecule has 2 heterocycles. The molecule has 1 amide bonds. The zero-order chi connectivity index (χ0) is 11.9. The van der Waals surface area contributed by atoms with Crippen LogP contribution in [-0.4, -0.2) is 69.6 Å². The lowest BCUT2D eigenvalue weighted by Crippen LogP contribution is -2.62. The summed E-state index contributed by atoms with van der Waals surface area (Å²) < 4.78 is 0. The molecule has 0 saturated carbocycles. The van der Waals surface area contributed by atoms with Gasteiger partial charge in [0, 0.05) is 20.0 Å². The van der Waals surface area contributed by atoms with Crippen molar-refractivity contribution in [2.24, 2.45) is 0 Å². The average molecular weight is 230 g/mol. The molecule has 6 heteroatoms. The SMILES string of the molecule is CC(=O)N[C@@H]1[C@H]2[C@H](O)[C@@H](O)CN2CC[C@@H]1O. The second-order valence-electron chi connectivity index (χ2n) is 4.63. The van der Waals surface area contributed by atoms with Crippen molar-refractivity contribution in [1.29, 1.82) is 0 Å². The maximum atomic E-state index is 11.0. The Kier molecular flexibility index (Phi) is 3.16. The van der Waals surface area contributed by atoms with Crippen LogP contribution >= 0.6 is 0 Å². The first kappa shape index (κ1) is 11.8. The standard InChI is InChI=1S/C10H18N2O4/c1-5(13)11-8-6(14)2-3-12-4-7(15)10(16)9(8)12/h6-10,14-16H,2-4H2,1H3,(H,11,13)/t6-,7-,8-,9-,10+/m0/s1. The van der Waals surface area contributed by atoms with E-state index in [1.165, 1.54) is 6.92 Å². The number of aliphatic hydroxyl groups is 3. The van der Waals surface area contributed by atoms with Crippen molar-refractivity contribution >= 4 is 5.91 Å². The Morgan fingerprint density at radius 1 is 1.31 bits per heavy atom. The summed E-state index contributed by atoms with van der Waals surface area (Å²) in [5.41, 5.74) is 0. The molecule has 4 N–H and O–H groups in total. The average Bonchev–Trinajstić information content (AvgIpc) is 2.48. The summed E-state index contributed by atoms with van der Waals surface area (Å²) in [6.07, 6.45) is -1.83. The predicted molar refractivity (Wildman–Crippen MR) is 55.6 cm³/mol. The fourth-order valence-electron chi connectivity index (χ4n) is 2.72. The number of nitrogens with one attached hydrogen (secondary N) is 1. The lowest BCUT2D eigenvalue weighted by molar-refractivity contribution is -0.122. The van der Waals surface area contributed by atoms with Crippen LogP contribution in [0.5, 0.6) is 0 Å². The van der Waals surface area contributed by atoms with Crippen molar-refractivity contribution in [2.45, 2.75) is 43.7 Å². The Morgan fingerprint density at radius 3 is 2.62 bits per heavy atom. The number of aliphatic hydroxyl groups excluding tert-OH is 3. The molecule has 2 aliphatic rings. The minimum Gasteiger partial charge on any atom is -0.391 e. The van der Waals surface area contributed by atoms with Gasteiger partial charge in [0.05, 0.1) is 30.4 Å². The molecule has 0 aromatic carbocycles. The summed E-state index contributed by atoms with van der Waals surface area (Å²) in [5, 5.41) is 31.9. The van der Waals surface area contributed by atoms with E-state index in [1.54, 1.807) is 0 Å². The lowest BCUT2D eigenvalue weighted by Gasteiger charge is -2.40. The fraction of sp³-hybridized carbons (Fsp3) is 0.900. The van der Waals surface area contributed by atoms with Crippen molar-refractivity contribution in [1.82, 2.24) is 10.2 Å². The molecule has 0 radical (unpaired) electrons. The molecule has 2 fully saturated rings. The zero-order valence-electron chi connectivity index (χ0n) is 9.21. The molecular formula is C10H18N2O4. The quantitative estimate of drug-likeness (QED) is 0.405. The van der Waals surface area contributed by atoms with Crippen LogP contribution in [0.2, 0.25) is 0 Å². The van der Waals surface area contributed by atoms with Crippen LogP contribution in [0.15, 0.2) is 0 Å². The van der Waals surface area contributed by atoms with E-state index in [2.05, 4.69) is 5.32 Å². The van der Waals surface area contributed by atoms with Crippen molar-refractivity contribution in [3.8, 4) is 0 Å². The molecule has 0 spiro atoms. The third-order valence-corrected chi connectivity index (χ3v) is 3.45.